The van der Waals surface area contributed by atoms with E-state index < -0.39 is 0 Å². The molecule has 9 heteroatoms. The Labute approximate surface area is 182 Å². The van der Waals surface area contributed by atoms with Crippen molar-refractivity contribution in [2.45, 2.75) is 20.4 Å². The standard InChI is InChI=1S/C20H24BrN5O2S/c1-3-26-14(2)12-17(23-26)19(27)25(7-6-24-8-10-28-11-9-24)20-22-16-5-4-15(21)13-18(16)29-20/h4-5,12-13H,3,6-11H2,1-2H3. The van der Waals surface area contributed by atoms with Crippen LogP contribution in [-0.2, 0) is 11.3 Å². The van der Waals surface area contributed by atoms with Crippen molar-refractivity contribution < 1.29 is 9.53 Å². The highest BCUT2D eigenvalue weighted by Crippen LogP contribution is 2.31. The maximum atomic E-state index is 13.4. The molecule has 1 fully saturated rings. The van der Waals surface area contributed by atoms with Gasteiger partial charge in [-0.15, -0.1) is 0 Å². The Hall–Kier alpha value is -1.81. The number of carbonyl (C=O) groups excluding carboxylic acids is 1. The summed E-state index contributed by atoms with van der Waals surface area (Å²) in [5.74, 6) is -0.105. The molecule has 3 heterocycles. The Morgan fingerprint density at radius 3 is 2.83 bits per heavy atom. The first kappa shape index (κ1) is 20.5. The summed E-state index contributed by atoms with van der Waals surface area (Å²) in [4.78, 5) is 22.2. The van der Waals surface area contributed by atoms with Gasteiger partial charge in [0.05, 0.1) is 23.4 Å². The Morgan fingerprint density at radius 1 is 1.31 bits per heavy atom. The third-order valence-corrected chi connectivity index (χ3v) is 6.59. The van der Waals surface area contributed by atoms with Crippen molar-refractivity contribution >= 4 is 48.5 Å². The number of hydrogen-bond donors (Lipinski definition) is 0. The third kappa shape index (κ3) is 4.53. The van der Waals surface area contributed by atoms with Crippen molar-refractivity contribution in [1.82, 2.24) is 19.7 Å². The number of benzene rings is 1. The Morgan fingerprint density at radius 2 is 2.10 bits per heavy atom. The third-order valence-electron chi connectivity index (χ3n) is 5.06. The number of aryl methyl sites for hydroxylation is 2. The van der Waals surface area contributed by atoms with Crippen LogP contribution >= 0.6 is 27.3 Å². The van der Waals surface area contributed by atoms with Crippen molar-refractivity contribution in [2.75, 3.05) is 44.3 Å². The molecule has 3 aromatic rings. The average Bonchev–Trinajstić information content (AvgIpc) is 3.31. The molecule has 0 N–H and O–H groups in total. The second kappa shape index (κ2) is 8.91. The van der Waals surface area contributed by atoms with E-state index in [9.17, 15) is 4.79 Å². The van der Waals surface area contributed by atoms with Gasteiger partial charge in [0.2, 0.25) is 0 Å². The molecule has 1 saturated heterocycles. The second-order valence-electron chi connectivity index (χ2n) is 7.01. The van der Waals surface area contributed by atoms with Gasteiger partial charge in [0.25, 0.3) is 5.91 Å². The fourth-order valence-corrected chi connectivity index (χ4v) is 4.97. The topological polar surface area (TPSA) is 63.5 Å². The van der Waals surface area contributed by atoms with Crippen LogP contribution in [0.5, 0.6) is 0 Å². The number of aromatic nitrogens is 3. The molecule has 4 rings (SSSR count). The van der Waals surface area contributed by atoms with Crippen LogP contribution in [0.3, 0.4) is 0 Å². The smallest absolute Gasteiger partial charge is 0.280 e. The predicted molar refractivity (Wildman–Crippen MR) is 119 cm³/mol. The molecule has 154 valence electrons. The maximum Gasteiger partial charge on any atom is 0.280 e. The number of hydrogen-bond acceptors (Lipinski definition) is 6. The lowest BCUT2D eigenvalue weighted by Gasteiger charge is -2.29. The fourth-order valence-electron chi connectivity index (χ4n) is 3.43. The summed E-state index contributed by atoms with van der Waals surface area (Å²) < 4.78 is 9.34. The minimum absolute atomic E-state index is 0.105. The number of morpholine rings is 1. The summed E-state index contributed by atoms with van der Waals surface area (Å²) >= 11 is 5.04. The summed E-state index contributed by atoms with van der Waals surface area (Å²) in [6.45, 7) is 9.34. The number of halogens is 1. The van der Waals surface area contributed by atoms with Crippen LogP contribution in [-0.4, -0.2) is 65.0 Å². The lowest BCUT2D eigenvalue weighted by Crippen LogP contribution is -2.43. The second-order valence-corrected chi connectivity index (χ2v) is 8.93. The van der Waals surface area contributed by atoms with Gasteiger partial charge in [0, 0.05) is 42.9 Å². The van der Waals surface area contributed by atoms with Gasteiger partial charge in [-0.25, -0.2) is 4.98 Å². The molecule has 7 nitrogen and oxygen atoms in total. The number of carbonyl (C=O) groups is 1. The quantitative estimate of drug-likeness (QED) is 0.542. The molecule has 1 aliphatic heterocycles. The van der Waals surface area contributed by atoms with Gasteiger partial charge < -0.3 is 4.74 Å². The van der Waals surface area contributed by atoms with E-state index in [1.807, 2.05) is 42.8 Å². The average molecular weight is 478 g/mol. The summed E-state index contributed by atoms with van der Waals surface area (Å²) in [5.41, 5.74) is 2.34. The van der Waals surface area contributed by atoms with Crippen molar-refractivity contribution in [3.8, 4) is 0 Å². The molecule has 0 spiro atoms. The van der Waals surface area contributed by atoms with Crippen molar-refractivity contribution in [2.24, 2.45) is 0 Å². The first-order valence-electron chi connectivity index (χ1n) is 9.77. The van der Waals surface area contributed by atoms with E-state index in [0.717, 1.165) is 59.8 Å². The highest BCUT2D eigenvalue weighted by atomic mass is 79.9. The molecule has 0 saturated carbocycles. The number of anilines is 1. The molecule has 0 atom stereocenters. The summed E-state index contributed by atoms with van der Waals surface area (Å²) in [6.07, 6.45) is 0. The molecular formula is C20H24BrN5O2S. The number of fused-ring (bicyclic) bond motifs is 1. The van der Waals surface area contributed by atoms with Crippen LogP contribution in [0.25, 0.3) is 10.2 Å². The first-order chi connectivity index (χ1) is 14.0. The van der Waals surface area contributed by atoms with Gasteiger partial charge in [-0.3, -0.25) is 19.3 Å². The zero-order valence-electron chi connectivity index (χ0n) is 16.6. The normalized spacial score (nSPS) is 15.1. The van der Waals surface area contributed by atoms with E-state index in [2.05, 4.69) is 25.9 Å². The summed E-state index contributed by atoms with van der Waals surface area (Å²) in [5, 5.41) is 5.21. The van der Waals surface area contributed by atoms with Crippen LogP contribution < -0.4 is 4.90 Å². The molecule has 0 radical (unpaired) electrons. The minimum Gasteiger partial charge on any atom is -0.379 e. The van der Waals surface area contributed by atoms with Crippen LogP contribution in [0.4, 0.5) is 5.13 Å². The molecule has 0 unspecified atom stereocenters. The Bertz CT molecular complexity index is 1010. The lowest BCUT2D eigenvalue weighted by molar-refractivity contribution is 0.0391. The van der Waals surface area contributed by atoms with Crippen molar-refractivity contribution in [1.29, 1.82) is 0 Å². The van der Waals surface area contributed by atoms with Crippen LogP contribution in [0.2, 0.25) is 0 Å². The fraction of sp³-hybridized carbons (Fsp3) is 0.450. The SMILES string of the molecule is CCn1nc(C(=O)N(CCN2CCOCC2)c2nc3ccc(Br)cc3s2)cc1C. The van der Waals surface area contributed by atoms with Gasteiger partial charge >= 0.3 is 0 Å². The number of amides is 1. The van der Waals surface area contributed by atoms with Gasteiger partial charge in [-0.05, 0) is 38.1 Å². The van der Waals surface area contributed by atoms with E-state index in [0.29, 0.717) is 17.4 Å². The van der Waals surface area contributed by atoms with E-state index in [4.69, 9.17) is 9.72 Å². The number of thiazole rings is 1. The Balaban J connectivity index is 1.63. The zero-order chi connectivity index (χ0) is 20.4. The number of nitrogens with zero attached hydrogens (tertiary/aromatic N) is 5. The van der Waals surface area contributed by atoms with Gasteiger partial charge in [0.1, 0.15) is 0 Å². The highest BCUT2D eigenvalue weighted by Gasteiger charge is 2.25. The minimum atomic E-state index is -0.105. The summed E-state index contributed by atoms with van der Waals surface area (Å²) in [7, 11) is 0. The number of ether oxygens (including phenoxy) is 1. The zero-order valence-corrected chi connectivity index (χ0v) is 19.0. The Kier molecular flexibility index (Phi) is 6.29. The molecule has 0 bridgehead atoms. The molecule has 1 amide bonds. The monoisotopic (exact) mass is 477 g/mol. The lowest BCUT2D eigenvalue weighted by atomic mass is 10.3. The maximum absolute atomic E-state index is 13.4. The molecule has 2 aromatic heterocycles. The van der Waals surface area contributed by atoms with Gasteiger partial charge in [0.15, 0.2) is 10.8 Å². The van der Waals surface area contributed by atoms with Crippen molar-refractivity contribution in [3.05, 3.63) is 40.1 Å². The van der Waals surface area contributed by atoms with Crippen LogP contribution in [0, 0.1) is 6.92 Å². The number of rotatable bonds is 6. The van der Waals surface area contributed by atoms with Crippen LogP contribution in [0.15, 0.2) is 28.7 Å². The van der Waals surface area contributed by atoms with Crippen LogP contribution in [0.1, 0.15) is 23.1 Å². The van der Waals surface area contributed by atoms with E-state index in [-0.39, 0.29) is 5.91 Å². The van der Waals surface area contributed by atoms with E-state index in [1.54, 1.807) is 4.90 Å². The predicted octanol–water partition coefficient (Wildman–Crippen LogP) is 3.56. The molecule has 1 aliphatic rings. The summed E-state index contributed by atoms with van der Waals surface area (Å²) in [6, 6.07) is 7.84. The highest BCUT2D eigenvalue weighted by molar-refractivity contribution is 9.10. The molecule has 29 heavy (non-hydrogen) atoms. The van der Waals surface area contributed by atoms with Crippen molar-refractivity contribution in [3.63, 3.8) is 0 Å². The first-order valence-corrected chi connectivity index (χ1v) is 11.4. The van der Waals surface area contributed by atoms with Gasteiger partial charge in [-0.1, -0.05) is 27.3 Å². The van der Waals surface area contributed by atoms with Gasteiger partial charge in [-0.2, -0.15) is 5.10 Å². The largest absolute Gasteiger partial charge is 0.379 e. The molecular weight excluding hydrogens is 454 g/mol. The van der Waals surface area contributed by atoms with E-state index >= 15 is 0 Å². The molecule has 1 aromatic carbocycles. The molecule has 0 aliphatic carbocycles. The van der Waals surface area contributed by atoms with E-state index in [1.165, 1.54) is 11.3 Å².